The lowest BCUT2D eigenvalue weighted by atomic mass is 10.1. The molecule has 1 heterocycles. The van der Waals surface area contributed by atoms with Crippen molar-refractivity contribution in [3.8, 4) is 0 Å². The van der Waals surface area contributed by atoms with E-state index in [0.29, 0.717) is 10.7 Å². The third kappa shape index (κ3) is 3.43. The van der Waals surface area contributed by atoms with Crippen LogP contribution in [-0.4, -0.2) is 28.9 Å². The fourth-order valence-corrected chi connectivity index (χ4v) is 1.59. The number of hydrogen-bond donors (Lipinski definition) is 0. The molecule has 1 aromatic rings. The summed E-state index contributed by atoms with van der Waals surface area (Å²) < 4.78 is 0. The SMILES string of the molecule is CC(C)c1cc(C(=O)N(C)C(C)C)cc(Cl)n1. The number of rotatable bonds is 3. The van der Waals surface area contributed by atoms with E-state index >= 15 is 0 Å². The lowest BCUT2D eigenvalue weighted by molar-refractivity contribution is 0.0754. The van der Waals surface area contributed by atoms with E-state index in [4.69, 9.17) is 11.6 Å². The second kappa shape index (κ2) is 5.50. The highest BCUT2D eigenvalue weighted by Gasteiger charge is 2.16. The molecule has 0 aliphatic rings. The molecule has 3 nitrogen and oxygen atoms in total. The molecule has 0 saturated heterocycles. The highest BCUT2D eigenvalue weighted by atomic mass is 35.5. The molecule has 1 amide bonds. The van der Waals surface area contributed by atoms with Crippen molar-refractivity contribution in [2.75, 3.05) is 7.05 Å². The third-order valence-electron chi connectivity index (χ3n) is 2.75. The summed E-state index contributed by atoms with van der Waals surface area (Å²) in [6.45, 7) is 8.01. The average Bonchev–Trinajstić information content (AvgIpc) is 2.25. The molecule has 0 atom stereocenters. The molecule has 0 fully saturated rings. The second-order valence-electron chi connectivity index (χ2n) is 4.77. The van der Waals surface area contributed by atoms with Gasteiger partial charge in [0.25, 0.3) is 5.91 Å². The predicted molar refractivity (Wildman–Crippen MR) is 70.6 cm³/mol. The summed E-state index contributed by atoms with van der Waals surface area (Å²) in [6, 6.07) is 3.60. The van der Waals surface area contributed by atoms with E-state index in [9.17, 15) is 4.79 Å². The Kier molecular flexibility index (Phi) is 4.52. The van der Waals surface area contributed by atoms with Crippen molar-refractivity contribution < 1.29 is 4.79 Å². The van der Waals surface area contributed by atoms with Gasteiger partial charge in [-0.2, -0.15) is 0 Å². The number of hydrogen-bond acceptors (Lipinski definition) is 2. The van der Waals surface area contributed by atoms with E-state index in [1.165, 1.54) is 0 Å². The molecule has 0 aromatic carbocycles. The Morgan fingerprint density at radius 1 is 1.29 bits per heavy atom. The van der Waals surface area contributed by atoms with Gasteiger partial charge in [0.15, 0.2) is 0 Å². The molecule has 94 valence electrons. The zero-order chi connectivity index (χ0) is 13.2. The van der Waals surface area contributed by atoms with Gasteiger partial charge in [0, 0.05) is 24.3 Å². The topological polar surface area (TPSA) is 33.2 Å². The van der Waals surface area contributed by atoms with Crippen LogP contribution in [0.4, 0.5) is 0 Å². The number of amides is 1. The predicted octanol–water partition coefficient (Wildman–Crippen LogP) is 3.34. The van der Waals surface area contributed by atoms with Crippen LogP contribution >= 0.6 is 11.6 Å². The molecule has 0 saturated carbocycles. The number of halogens is 1. The third-order valence-corrected chi connectivity index (χ3v) is 2.94. The van der Waals surface area contributed by atoms with Crippen molar-refractivity contribution in [1.82, 2.24) is 9.88 Å². The number of carbonyl (C=O) groups excluding carboxylic acids is 1. The van der Waals surface area contributed by atoms with Gasteiger partial charge in [-0.1, -0.05) is 25.4 Å². The summed E-state index contributed by atoms with van der Waals surface area (Å²) in [5, 5.41) is 0.372. The molecular formula is C13H19ClN2O. The molecule has 0 radical (unpaired) electrons. The first-order valence-corrected chi connectivity index (χ1v) is 6.15. The van der Waals surface area contributed by atoms with Crippen molar-refractivity contribution in [1.29, 1.82) is 0 Å². The Hall–Kier alpha value is -1.09. The van der Waals surface area contributed by atoms with Crippen LogP contribution in [0, 0.1) is 0 Å². The highest BCUT2D eigenvalue weighted by Crippen LogP contribution is 2.19. The minimum atomic E-state index is -0.0220. The van der Waals surface area contributed by atoms with Gasteiger partial charge in [-0.25, -0.2) is 4.98 Å². The van der Waals surface area contributed by atoms with Crippen molar-refractivity contribution >= 4 is 17.5 Å². The fraction of sp³-hybridized carbons (Fsp3) is 0.538. The van der Waals surface area contributed by atoms with Crippen molar-refractivity contribution in [2.24, 2.45) is 0 Å². The number of aromatic nitrogens is 1. The van der Waals surface area contributed by atoms with E-state index < -0.39 is 0 Å². The first kappa shape index (κ1) is 14.0. The van der Waals surface area contributed by atoms with Gasteiger partial charge >= 0.3 is 0 Å². The zero-order valence-electron chi connectivity index (χ0n) is 11.0. The maximum absolute atomic E-state index is 12.2. The first-order chi connectivity index (χ1) is 7.82. The Morgan fingerprint density at radius 2 is 1.88 bits per heavy atom. The van der Waals surface area contributed by atoms with E-state index in [2.05, 4.69) is 4.98 Å². The van der Waals surface area contributed by atoms with E-state index in [1.54, 1.807) is 18.0 Å². The monoisotopic (exact) mass is 254 g/mol. The first-order valence-electron chi connectivity index (χ1n) is 5.77. The lowest BCUT2D eigenvalue weighted by Crippen LogP contribution is -2.33. The van der Waals surface area contributed by atoms with Crippen LogP contribution in [0.1, 0.15) is 49.7 Å². The zero-order valence-corrected chi connectivity index (χ0v) is 11.7. The van der Waals surface area contributed by atoms with E-state index in [0.717, 1.165) is 5.69 Å². The maximum atomic E-state index is 12.2. The summed E-state index contributed by atoms with van der Waals surface area (Å²) in [7, 11) is 1.79. The minimum Gasteiger partial charge on any atom is -0.339 e. The fourth-order valence-electron chi connectivity index (χ4n) is 1.37. The van der Waals surface area contributed by atoms with Crippen LogP contribution < -0.4 is 0 Å². The Bertz CT molecular complexity index is 416. The summed E-state index contributed by atoms with van der Waals surface area (Å²) in [5.41, 5.74) is 1.45. The van der Waals surface area contributed by atoms with Crippen LogP contribution in [0.2, 0.25) is 5.15 Å². The summed E-state index contributed by atoms with van der Waals surface area (Å²) in [6.07, 6.45) is 0. The van der Waals surface area contributed by atoms with Crippen LogP contribution in [-0.2, 0) is 0 Å². The molecule has 0 N–H and O–H groups in total. The van der Waals surface area contributed by atoms with E-state index in [-0.39, 0.29) is 17.9 Å². The molecule has 0 unspecified atom stereocenters. The van der Waals surface area contributed by atoms with Gasteiger partial charge in [0.1, 0.15) is 5.15 Å². The van der Waals surface area contributed by atoms with Crippen molar-refractivity contribution in [3.63, 3.8) is 0 Å². The summed E-state index contributed by atoms with van der Waals surface area (Å²) in [4.78, 5) is 18.1. The quantitative estimate of drug-likeness (QED) is 0.775. The summed E-state index contributed by atoms with van der Waals surface area (Å²) in [5.74, 6) is 0.232. The molecule has 0 bridgehead atoms. The normalized spacial score (nSPS) is 11.1. The molecule has 1 rings (SSSR count). The van der Waals surface area contributed by atoms with Crippen LogP contribution in [0.25, 0.3) is 0 Å². The lowest BCUT2D eigenvalue weighted by Gasteiger charge is -2.22. The van der Waals surface area contributed by atoms with Crippen LogP contribution in [0.15, 0.2) is 12.1 Å². The Labute approximate surface area is 108 Å². The van der Waals surface area contributed by atoms with Crippen molar-refractivity contribution in [3.05, 3.63) is 28.5 Å². The van der Waals surface area contributed by atoms with Gasteiger partial charge in [-0.05, 0) is 31.9 Å². The van der Waals surface area contributed by atoms with Crippen LogP contribution in [0.5, 0.6) is 0 Å². The second-order valence-corrected chi connectivity index (χ2v) is 5.16. The maximum Gasteiger partial charge on any atom is 0.254 e. The van der Waals surface area contributed by atoms with E-state index in [1.807, 2.05) is 33.8 Å². The van der Waals surface area contributed by atoms with Crippen LogP contribution in [0.3, 0.4) is 0 Å². The average molecular weight is 255 g/mol. The van der Waals surface area contributed by atoms with Gasteiger partial charge in [0.2, 0.25) is 0 Å². The minimum absolute atomic E-state index is 0.0220. The smallest absolute Gasteiger partial charge is 0.254 e. The molecule has 0 aliphatic carbocycles. The van der Waals surface area contributed by atoms with Gasteiger partial charge < -0.3 is 4.90 Å². The Balaban J connectivity index is 3.10. The van der Waals surface area contributed by atoms with Gasteiger partial charge in [-0.3, -0.25) is 4.79 Å². The standard InChI is InChI=1S/C13H19ClN2O/c1-8(2)11-6-10(7-12(14)15-11)13(17)16(5)9(3)4/h6-9H,1-5H3. The summed E-state index contributed by atoms with van der Waals surface area (Å²) >= 11 is 5.94. The highest BCUT2D eigenvalue weighted by molar-refractivity contribution is 6.29. The molecule has 0 aliphatic heterocycles. The number of carbonyl (C=O) groups is 1. The molecule has 0 spiro atoms. The van der Waals surface area contributed by atoms with Crippen molar-refractivity contribution in [2.45, 2.75) is 39.7 Å². The number of nitrogens with zero attached hydrogens (tertiary/aromatic N) is 2. The Morgan fingerprint density at radius 3 is 2.35 bits per heavy atom. The number of pyridine rings is 1. The molecule has 4 heteroatoms. The largest absolute Gasteiger partial charge is 0.339 e. The van der Waals surface area contributed by atoms with Gasteiger partial charge in [-0.15, -0.1) is 0 Å². The molecule has 17 heavy (non-hydrogen) atoms. The van der Waals surface area contributed by atoms with Gasteiger partial charge in [0.05, 0.1) is 0 Å². The molecule has 1 aromatic heterocycles. The molecular weight excluding hydrogens is 236 g/mol.